The van der Waals surface area contributed by atoms with Crippen LogP contribution in [-0.4, -0.2) is 5.11 Å². The number of terminal acetylenes is 1. The highest BCUT2D eigenvalue weighted by Crippen LogP contribution is 2.26. The van der Waals surface area contributed by atoms with Gasteiger partial charge >= 0.3 is 0 Å². The Kier molecular flexibility index (Phi) is 2.87. The zero-order valence-corrected chi connectivity index (χ0v) is 8.52. The van der Waals surface area contributed by atoms with E-state index in [9.17, 15) is 5.11 Å². The number of rotatable bonds is 1. The van der Waals surface area contributed by atoms with Crippen molar-refractivity contribution in [1.82, 2.24) is 0 Å². The Morgan fingerprint density at radius 1 is 1.31 bits per heavy atom. The van der Waals surface area contributed by atoms with Crippen molar-refractivity contribution in [3.05, 3.63) is 33.8 Å². The van der Waals surface area contributed by atoms with Crippen LogP contribution in [0, 0.1) is 12.3 Å². The van der Waals surface area contributed by atoms with E-state index in [0.29, 0.717) is 15.6 Å². The Bertz CT molecular complexity index is 343. The fraction of sp³-hybridized carbons (Fsp3) is 0.200. The lowest BCUT2D eigenvalue weighted by molar-refractivity contribution is 0.122. The largest absolute Gasteiger partial charge is 0.374 e. The number of hydrogen-bond donors (Lipinski definition) is 1. The summed E-state index contributed by atoms with van der Waals surface area (Å²) in [4.78, 5) is 0. The Morgan fingerprint density at radius 3 is 2.15 bits per heavy atom. The lowest BCUT2D eigenvalue weighted by Crippen LogP contribution is -2.17. The first-order valence-corrected chi connectivity index (χ1v) is 4.38. The highest BCUT2D eigenvalue weighted by atomic mass is 35.5. The van der Waals surface area contributed by atoms with Crippen LogP contribution < -0.4 is 0 Å². The van der Waals surface area contributed by atoms with Gasteiger partial charge in [0.25, 0.3) is 0 Å². The van der Waals surface area contributed by atoms with Crippen molar-refractivity contribution >= 4 is 23.2 Å². The minimum Gasteiger partial charge on any atom is -0.374 e. The molecule has 0 unspecified atom stereocenters. The lowest BCUT2D eigenvalue weighted by atomic mass is 9.97. The topological polar surface area (TPSA) is 20.2 Å². The van der Waals surface area contributed by atoms with E-state index < -0.39 is 5.60 Å². The molecule has 0 radical (unpaired) electrons. The van der Waals surface area contributed by atoms with Gasteiger partial charge in [0.05, 0.1) is 0 Å². The van der Waals surface area contributed by atoms with Gasteiger partial charge in [-0.1, -0.05) is 29.1 Å². The van der Waals surface area contributed by atoms with Crippen LogP contribution in [0.5, 0.6) is 0 Å². The Morgan fingerprint density at radius 2 is 1.77 bits per heavy atom. The number of hydrogen-bond acceptors (Lipinski definition) is 1. The second kappa shape index (κ2) is 3.59. The maximum atomic E-state index is 9.69. The summed E-state index contributed by atoms with van der Waals surface area (Å²) in [6, 6.07) is 4.76. The molecule has 0 spiro atoms. The molecule has 1 aromatic rings. The third-order valence-electron chi connectivity index (χ3n) is 1.71. The van der Waals surface area contributed by atoms with Gasteiger partial charge in [-0.15, -0.1) is 6.42 Å². The molecule has 0 amide bonds. The van der Waals surface area contributed by atoms with Crippen molar-refractivity contribution in [2.75, 3.05) is 0 Å². The molecule has 3 heteroatoms. The van der Waals surface area contributed by atoms with E-state index >= 15 is 0 Å². The van der Waals surface area contributed by atoms with Gasteiger partial charge in [-0.3, -0.25) is 0 Å². The summed E-state index contributed by atoms with van der Waals surface area (Å²) in [5, 5.41) is 10.6. The van der Waals surface area contributed by atoms with E-state index in [2.05, 4.69) is 5.92 Å². The maximum absolute atomic E-state index is 9.69. The Hall–Kier alpha value is -0.680. The van der Waals surface area contributed by atoms with Gasteiger partial charge in [0.1, 0.15) is 5.60 Å². The van der Waals surface area contributed by atoms with Crippen LogP contribution in [0.3, 0.4) is 0 Å². The monoisotopic (exact) mass is 214 g/mol. The van der Waals surface area contributed by atoms with Crippen molar-refractivity contribution < 1.29 is 5.11 Å². The van der Waals surface area contributed by atoms with Crippen molar-refractivity contribution in [1.29, 1.82) is 0 Å². The standard InChI is InChI=1S/C10H8Cl2O/c1-3-10(2,13)7-4-8(11)6-9(12)5-7/h1,4-6,13H,2H3/t10-/m0/s1. The van der Waals surface area contributed by atoms with Gasteiger partial charge in [-0.25, -0.2) is 0 Å². The predicted octanol–water partition coefficient (Wildman–Crippen LogP) is 2.83. The summed E-state index contributed by atoms with van der Waals surface area (Å²) in [5.74, 6) is 2.25. The van der Waals surface area contributed by atoms with E-state index in [1.54, 1.807) is 18.2 Å². The van der Waals surface area contributed by atoms with E-state index in [0.717, 1.165) is 0 Å². The molecule has 0 aromatic heterocycles. The first kappa shape index (κ1) is 10.4. The highest BCUT2D eigenvalue weighted by molar-refractivity contribution is 6.34. The van der Waals surface area contributed by atoms with E-state index in [4.69, 9.17) is 29.6 Å². The van der Waals surface area contributed by atoms with Crippen LogP contribution in [0.15, 0.2) is 18.2 Å². The van der Waals surface area contributed by atoms with Crippen LogP contribution in [-0.2, 0) is 5.60 Å². The molecule has 0 fully saturated rings. The molecule has 0 aliphatic heterocycles. The highest BCUT2D eigenvalue weighted by Gasteiger charge is 2.20. The molecule has 1 aromatic carbocycles. The second-order valence-electron chi connectivity index (χ2n) is 2.87. The Labute approximate surface area is 87.3 Å². The molecule has 1 N–H and O–H groups in total. The van der Waals surface area contributed by atoms with Crippen LogP contribution in [0.1, 0.15) is 12.5 Å². The molecule has 1 rings (SSSR count). The molecule has 0 heterocycles. The average Bonchev–Trinajstić information content (AvgIpc) is 2.02. The van der Waals surface area contributed by atoms with Crippen LogP contribution >= 0.6 is 23.2 Å². The predicted molar refractivity (Wildman–Crippen MR) is 54.9 cm³/mol. The van der Waals surface area contributed by atoms with Crippen LogP contribution in [0.4, 0.5) is 0 Å². The van der Waals surface area contributed by atoms with Gasteiger partial charge < -0.3 is 5.11 Å². The van der Waals surface area contributed by atoms with Crippen molar-refractivity contribution in [3.63, 3.8) is 0 Å². The molecule has 68 valence electrons. The third-order valence-corrected chi connectivity index (χ3v) is 2.14. The first-order chi connectivity index (χ1) is 5.95. The quantitative estimate of drug-likeness (QED) is 0.714. The van der Waals surface area contributed by atoms with Crippen molar-refractivity contribution in [2.45, 2.75) is 12.5 Å². The molecule has 0 aliphatic rings. The summed E-state index contributed by atoms with van der Waals surface area (Å²) < 4.78 is 0. The fourth-order valence-corrected chi connectivity index (χ4v) is 1.44. The second-order valence-corrected chi connectivity index (χ2v) is 3.75. The molecular weight excluding hydrogens is 207 g/mol. The molecule has 0 bridgehead atoms. The summed E-state index contributed by atoms with van der Waals surface area (Å²) >= 11 is 11.5. The third kappa shape index (κ3) is 2.38. The van der Waals surface area contributed by atoms with E-state index in [-0.39, 0.29) is 0 Å². The fourth-order valence-electron chi connectivity index (χ4n) is 0.918. The summed E-state index contributed by atoms with van der Waals surface area (Å²) in [5.41, 5.74) is -0.804. The minimum atomic E-state index is -1.32. The van der Waals surface area contributed by atoms with Crippen LogP contribution in [0.25, 0.3) is 0 Å². The minimum absolute atomic E-state index is 0.457. The molecule has 0 saturated heterocycles. The van der Waals surface area contributed by atoms with E-state index in [1.165, 1.54) is 6.92 Å². The zero-order chi connectivity index (χ0) is 10.1. The molecule has 13 heavy (non-hydrogen) atoms. The normalized spacial score (nSPS) is 14.7. The summed E-state index contributed by atoms with van der Waals surface area (Å²) in [6.45, 7) is 1.51. The average molecular weight is 215 g/mol. The van der Waals surface area contributed by atoms with E-state index in [1.807, 2.05) is 0 Å². The smallest absolute Gasteiger partial charge is 0.148 e. The molecule has 0 saturated carbocycles. The Balaban J connectivity index is 3.25. The lowest BCUT2D eigenvalue weighted by Gasteiger charge is -2.17. The van der Waals surface area contributed by atoms with Crippen molar-refractivity contribution in [3.8, 4) is 12.3 Å². The number of aliphatic hydroxyl groups is 1. The van der Waals surface area contributed by atoms with Crippen LogP contribution in [0.2, 0.25) is 10.0 Å². The van der Waals surface area contributed by atoms with Crippen molar-refractivity contribution in [2.24, 2.45) is 0 Å². The maximum Gasteiger partial charge on any atom is 0.148 e. The summed E-state index contributed by atoms with van der Waals surface area (Å²) in [7, 11) is 0. The van der Waals surface area contributed by atoms with Gasteiger partial charge in [0.2, 0.25) is 0 Å². The van der Waals surface area contributed by atoms with Gasteiger partial charge in [-0.2, -0.15) is 0 Å². The summed E-state index contributed by atoms with van der Waals surface area (Å²) in [6.07, 6.45) is 5.15. The van der Waals surface area contributed by atoms with Gasteiger partial charge in [-0.05, 0) is 30.7 Å². The molecule has 0 aliphatic carbocycles. The zero-order valence-electron chi connectivity index (χ0n) is 7.01. The number of halogens is 2. The first-order valence-electron chi connectivity index (χ1n) is 3.62. The molecule has 1 nitrogen and oxygen atoms in total. The van der Waals surface area contributed by atoms with Gasteiger partial charge in [0, 0.05) is 10.0 Å². The molecule has 1 atom stereocenters. The molecular formula is C10H8Cl2O. The van der Waals surface area contributed by atoms with Gasteiger partial charge in [0.15, 0.2) is 0 Å². The SMILES string of the molecule is C#C[C@](C)(O)c1cc(Cl)cc(Cl)c1. The number of benzene rings is 1.